The van der Waals surface area contributed by atoms with E-state index < -0.39 is 0 Å². The van der Waals surface area contributed by atoms with Gasteiger partial charge in [0.15, 0.2) is 0 Å². The first-order chi connectivity index (χ1) is 11.4. The highest BCUT2D eigenvalue weighted by Crippen LogP contribution is 2.31. The summed E-state index contributed by atoms with van der Waals surface area (Å²) < 4.78 is 11.5. The van der Waals surface area contributed by atoms with E-state index >= 15 is 0 Å². The number of nitrogens with one attached hydrogen (secondary N) is 1. The van der Waals surface area contributed by atoms with Gasteiger partial charge >= 0.3 is 0 Å². The number of hydrogen-bond donors (Lipinski definition) is 1. The molecule has 1 aliphatic rings. The summed E-state index contributed by atoms with van der Waals surface area (Å²) in [5.74, 6) is 1.97. The Labute approximate surface area is 136 Å². The molecular weight excluding hydrogens is 286 g/mol. The van der Waals surface area contributed by atoms with Crippen LogP contribution in [0.1, 0.15) is 17.9 Å². The first-order valence-corrected chi connectivity index (χ1v) is 8.26. The molecule has 0 spiro atoms. The van der Waals surface area contributed by atoms with Gasteiger partial charge in [0.05, 0.1) is 12.9 Å². The standard InChI is InChI=1S/C20H21NO2/c1-2-4-15(5-3-1)19-8-10-21-13-17(19)14-23-18-6-7-20-16(12-18)9-11-22-20/h1-7,9,11-12,17,19,21H,8,10,13-14H2. The highest BCUT2D eigenvalue weighted by molar-refractivity contribution is 5.78. The molecule has 0 bridgehead atoms. The molecule has 3 heteroatoms. The second kappa shape index (κ2) is 6.47. The van der Waals surface area contributed by atoms with Gasteiger partial charge in [0.25, 0.3) is 0 Å². The van der Waals surface area contributed by atoms with Crippen molar-refractivity contribution >= 4 is 11.0 Å². The van der Waals surface area contributed by atoms with Crippen LogP contribution >= 0.6 is 0 Å². The van der Waals surface area contributed by atoms with Crippen molar-refractivity contribution in [3.8, 4) is 5.75 Å². The minimum atomic E-state index is 0.492. The van der Waals surface area contributed by atoms with Crippen LogP contribution in [0.4, 0.5) is 0 Å². The Kier molecular flexibility index (Phi) is 4.03. The topological polar surface area (TPSA) is 34.4 Å². The van der Waals surface area contributed by atoms with Gasteiger partial charge in [0.1, 0.15) is 11.3 Å². The second-order valence-corrected chi connectivity index (χ2v) is 6.20. The van der Waals surface area contributed by atoms with Crippen LogP contribution in [-0.2, 0) is 0 Å². The molecule has 2 atom stereocenters. The molecule has 3 aromatic rings. The van der Waals surface area contributed by atoms with Crippen molar-refractivity contribution in [3.05, 3.63) is 66.4 Å². The van der Waals surface area contributed by atoms with Crippen LogP contribution in [0.15, 0.2) is 65.3 Å². The molecule has 1 saturated heterocycles. The van der Waals surface area contributed by atoms with E-state index in [2.05, 4.69) is 35.6 Å². The predicted molar refractivity (Wildman–Crippen MR) is 91.9 cm³/mol. The molecule has 3 nitrogen and oxygen atoms in total. The van der Waals surface area contributed by atoms with E-state index in [-0.39, 0.29) is 0 Å². The van der Waals surface area contributed by atoms with E-state index in [4.69, 9.17) is 9.15 Å². The zero-order valence-electron chi connectivity index (χ0n) is 13.1. The van der Waals surface area contributed by atoms with Gasteiger partial charge in [-0.25, -0.2) is 0 Å². The molecule has 2 unspecified atom stereocenters. The van der Waals surface area contributed by atoms with Crippen molar-refractivity contribution < 1.29 is 9.15 Å². The number of piperidine rings is 1. The van der Waals surface area contributed by atoms with Gasteiger partial charge in [0.2, 0.25) is 0 Å². The Morgan fingerprint density at radius 1 is 1.09 bits per heavy atom. The fourth-order valence-electron chi connectivity index (χ4n) is 3.47. The Morgan fingerprint density at radius 2 is 2.00 bits per heavy atom. The van der Waals surface area contributed by atoms with Crippen molar-refractivity contribution in [2.24, 2.45) is 5.92 Å². The quantitative estimate of drug-likeness (QED) is 0.784. The number of rotatable bonds is 4. The zero-order chi connectivity index (χ0) is 15.5. The van der Waals surface area contributed by atoms with E-state index in [1.54, 1.807) is 6.26 Å². The molecule has 2 heterocycles. The lowest BCUT2D eigenvalue weighted by Gasteiger charge is -2.32. The summed E-state index contributed by atoms with van der Waals surface area (Å²) >= 11 is 0. The molecule has 1 aromatic heterocycles. The minimum Gasteiger partial charge on any atom is -0.493 e. The van der Waals surface area contributed by atoms with Crippen molar-refractivity contribution in [1.82, 2.24) is 5.32 Å². The number of benzene rings is 2. The normalized spacial score (nSPS) is 21.4. The summed E-state index contributed by atoms with van der Waals surface area (Å²) in [7, 11) is 0. The van der Waals surface area contributed by atoms with Crippen LogP contribution in [0, 0.1) is 5.92 Å². The average molecular weight is 307 g/mol. The molecule has 0 saturated carbocycles. The SMILES string of the molecule is c1ccc(C2CCNCC2COc2ccc3occc3c2)cc1. The number of fused-ring (bicyclic) bond motifs is 1. The molecule has 0 amide bonds. The predicted octanol–water partition coefficient (Wildman–Crippen LogP) is 4.20. The number of hydrogen-bond acceptors (Lipinski definition) is 3. The molecule has 0 aliphatic carbocycles. The molecule has 118 valence electrons. The van der Waals surface area contributed by atoms with Gasteiger partial charge in [-0.1, -0.05) is 30.3 Å². The fraction of sp³-hybridized carbons (Fsp3) is 0.300. The minimum absolute atomic E-state index is 0.492. The summed E-state index contributed by atoms with van der Waals surface area (Å²) in [4.78, 5) is 0. The zero-order valence-corrected chi connectivity index (χ0v) is 13.1. The van der Waals surface area contributed by atoms with Crippen LogP contribution in [0.25, 0.3) is 11.0 Å². The van der Waals surface area contributed by atoms with Crippen LogP contribution < -0.4 is 10.1 Å². The van der Waals surface area contributed by atoms with Crippen LogP contribution in [0.5, 0.6) is 5.75 Å². The van der Waals surface area contributed by atoms with E-state index in [9.17, 15) is 0 Å². The van der Waals surface area contributed by atoms with Crippen molar-refractivity contribution in [3.63, 3.8) is 0 Å². The molecular formula is C20H21NO2. The molecule has 4 rings (SSSR count). The largest absolute Gasteiger partial charge is 0.493 e. The molecule has 0 radical (unpaired) electrons. The Hall–Kier alpha value is -2.26. The lowest BCUT2D eigenvalue weighted by molar-refractivity contribution is 0.197. The van der Waals surface area contributed by atoms with E-state index in [0.717, 1.165) is 36.4 Å². The van der Waals surface area contributed by atoms with Gasteiger partial charge in [-0.3, -0.25) is 0 Å². The lowest BCUT2D eigenvalue weighted by atomic mass is 9.81. The van der Waals surface area contributed by atoms with Gasteiger partial charge in [-0.15, -0.1) is 0 Å². The maximum atomic E-state index is 6.09. The third kappa shape index (κ3) is 3.10. The summed E-state index contributed by atoms with van der Waals surface area (Å²) in [5.41, 5.74) is 2.33. The monoisotopic (exact) mass is 307 g/mol. The van der Waals surface area contributed by atoms with Crippen LogP contribution in [0.2, 0.25) is 0 Å². The summed E-state index contributed by atoms with van der Waals surface area (Å²) in [5, 5.41) is 4.59. The molecule has 1 fully saturated rings. The third-order valence-electron chi connectivity index (χ3n) is 4.72. The van der Waals surface area contributed by atoms with Crippen molar-refractivity contribution in [2.45, 2.75) is 12.3 Å². The number of ether oxygens (including phenoxy) is 1. The average Bonchev–Trinajstić information content (AvgIpc) is 3.09. The number of furan rings is 1. The Balaban J connectivity index is 1.47. The fourth-order valence-corrected chi connectivity index (χ4v) is 3.47. The van der Waals surface area contributed by atoms with Crippen molar-refractivity contribution in [1.29, 1.82) is 0 Å². The Morgan fingerprint density at radius 3 is 2.91 bits per heavy atom. The van der Waals surface area contributed by atoms with Crippen LogP contribution in [-0.4, -0.2) is 19.7 Å². The molecule has 1 N–H and O–H groups in total. The maximum Gasteiger partial charge on any atom is 0.134 e. The van der Waals surface area contributed by atoms with Gasteiger partial charge in [0, 0.05) is 17.8 Å². The van der Waals surface area contributed by atoms with Gasteiger partial charge in [-0.05, 0) is 48.7 Å². The maximum absolute atomic E-state index is 6.09. The summed E-state index contributed by atoms with van der Waals surface area (Å²) in [6, 6.07) is 18.8. The second-order valence-electron chi connectivity index (χ2n) is 6.20. The smallest absolute Gasteiger partial charge is 0.134 e. The highest BCUT2D eigenvalue weighted by atomic mass is 16.5. The van der Waals surface area contributed by atoms with Crippen LogP contribution in [0.3, 0.4) is 0 Å². The highest BCUT2D eigenvalue weighted by Gasteiger charge is 2.26. The van der Waals surface area contributed by atoms with Gasteiger partial charge in [-0.2, -0.15) is 0 Å². The summed E-state index contributed by atoms with van der Waals surface area (Å²) in [6.45, 7) is 2.82. The molecule has 23 heavy (non-hydrogen) atoms. The van der Waals surface area contributed by atoms with E-state index in [1.807, 2.05) is 24.3 Å². The molecule has 1 aliphatic heterocycles. The first-order valence-electron chi connectivity index (χ1n) is 8.26. The van der Waals surface area contributed by atoms with Gasteiger partial charge < -0.3 is 14.5 Å². The summed E-state index contributed by atoms with van der Waals surface area (Å²) in [6.07, 6.45) is 2.88. The Bertz CT molecular complexity index is 765. The van der Waals surface area contributed by atoms with E-state index in [1.165, 1.54) is 12.0 Å². The third-order valence-corrected chi connectivity index (χ3v) is 4.72. The lowest BCUT2D eigenvalue weighted by Crippen LogP contribution is -2.38. The molecule has 2 aromatic carbocycles. The first kappa shape index (κ1) is 14.3. The van der Waals surface area contributed by atoms with E-state index in [0.29, 0.717) is 11.8 Å². The van der Waals surface area contributed by atoms with Crippen molar-refractivity contribution in [2.75, 3.05) is 19.7 Å².